The number of carbonyl (C=O) groups excluding carboxylic acids is 1. The highest BCUT2D eigenvalue weighted by Gasteiger charge is 2.17. The Balaban J connectivity index is 2.96. The summed E-state index contributed by atoms with van der Waals surface area (Å²) in [6.45, 7) is 4.32. The van der Waals surface area contributed by atoms with Crippen molar-refractivity contribution in [2.45, 2.75) is 13.8 Å². The van der Waals surface area contributed by atoms with Gasteiger partial charge in [0.2, 0.25) is 0 Å². The molecule has 0 saturated heterocycles. The Labute approximate surface area is 114 Å². The molecule has 0 radical (unpaired) electrons. The molecule has 0 aliphatic heterocycles. The van der Waals surface area contributed by atoms with Gasteiger partial charge in [-0.05, 0) is 37.6 Å². The van der Waals surface area contributed by atoms with Gasteiger partial charge in [-0.3, -0.25) is 4.79 Å². The standard InChI is InChI=1S/C12H16BrN3O2/c1-3-16(7-11(14)15-18)12(17)10-5-4-9(13)6-8(10)2/h4-6,18H,3,7H2,1-2H3,(H2,14,15). The fraction of sp³-hybridized carbons (Fsp3) is 0.333. The maximum absolute atomic E-state index is 12.3. The van der Waals surface area contributed by atoms with E-state index in [9.17, 15) is 4.79 Å². The molecule has 0 unspecified atom stereocenters. The second-order valence-corrected chi connectivity index (χ2v) is 4.79. The van der Waals surface area contributed by atoms with E-state index in [1.807, 2.05) is 26.0 Å². The number of hydrogen-bond acceptors (Lipinski definition) is 3. The fourth-order valence-electron chi connectivity index (χ4n) is 1.59. The monoisotopic (exact) mass is 313 g/mol. The van der Waals surface area contributed by atoms with E-state index in [0.29, 0.717) is 12.1 Å². The van der Waals surface area contributed by atoms with Crippen LogP contribution in [0.25, 0.3) is 0 Å². The van der Waals surface area contributed by atoms with Gasteiger partial charge < -0.3 is 15.8 Å². The Morgan fingerprint density at radius 3 is 2.72 bits per heavy atom. The largest absolute Gasteiger partial charge is 0.409 e. The minimum atomic E-state index is -0.130. The molecule has 1 aromatic rings. The molecule has 0 atom stereocenters. The summed E-state index contributed by atoms with van der Waals surface area (Å²) in [6, 6.07) is 5.46. The van der Waals surface area contributed by atoms with Crippen LogP contribution in [0.1, 0.15) is 22.8 Å². The zero-order valence-corrected chi connectivity index (χ0v) is 11.9. The smallest absolute Gasteiger partial charge is 0.254 e. The molecule has 0 aliphatic rings. The van der Waals surface area contributed by atoms with Crippen LogP contribution in [0.3, 0.4) is 0 Å². The van der Waals surface area contributed by atoms with Crippen molar-refractivity contribution in [2.24, 2.45) is 10.9 Å². The Morgan fingerprint density at radius 2 is 2.22 bits per heavy atom. The molecule has 5 nitrogen and oxygen atoms in total. The molecule has 0 heterocycles. The normalized spacial score (nSPS) is 11.4. The summed E-state index contributed by atoms with van der Waals surface area (Å²) in [4.78, 5) is 13.8. The van der Waals surface area contributed by atoms with E-state index in [2.05, 4.69) is 21.1 Å². The van der Waals surface area contributed by atoms with Gasteiger partial charge in [0, 0.05) is 16.6 Å². The van der Waals surface area contributed by atoms with Crippen LogP contribution >= 0.6 is 15.9 Å². The number of amidine groups is 1. The Morgan fingerprint density at radius 1 is 1.56 bits per heavy atom. The fourth-order valence-corrected chi connectivity index (χ4v) is 2.07. The zero-order valence-electron chi connectivity index (χ0n) is 10.4. The molecule has 18 heavy (non-hydrogen) atoms. The lowest BCUT2D eigenvalue weighted by atomic mass is 10.1. The molecule has 0 bridgehead atoms. The van der Waals surface area contributed by atoms with E-state index in [-0.39, 0.29) is 18.3 Å². The van der Waals surface area contributed by atoms with Crippen molar-refractivity contribution in [3.8, 4) is 0 Å². The molecule has 6 heteroatoms. The van der Waals surface area contributed by atoms with E-state index in [4.69, 9.17) is 10.9 Å². The molecule has 0 aliphatic carbocycles. The lowest BCUT2D eigenvalue weighted by molar-refractivity contribution is 0.0785. The second-order valence-electron chi connectivity index (χ2n) is 3.87. The average molecular weight is 314 g/mol. The van der Waals surface area contributed by atoms with Gasteiger partial charge in [0.05, 0.1) is 6.54 Å². The molecule has 0 spiro atoms. The van der Waals surface area contributed by atoms with E-state index in [1.54, 1.807) is 6.07 Å². The molecule has 1 amide bonds. The van der Waals surface area contributed by atoms with E-state index >= 15 is 0 Å². The minimum Gasteiger partial charge on any atom is -0.409 e. The SMILES string of the molecule is CCN(CC(N)=NO)C(=O)c1ccc(Br)cc1C. The predicted molar refractivity (Wildman–Crippen MR) is 73.9 cm³/mol. The topological polar surface area (TPSA) is 78.9 Å². The summed E-state index contributed by atoms with van der Waals surface area (Å²) < 4.78 is 0.927. The van der Waals surface area contributed by atoms with Crippen molar-refractivity contribution < 1.29 is 10.0 Å². The van der Waals surface area contributed by atoms with E-state index in [1.165, 1.54) is 4.90 Å². The van der Waals surface area contributed by atoms with Crippen molar-refractivity contribution in [1.29, 1.82) is 0 Å². The van der Waals surface area contributed by atoms with Gasteiger partial charge in [0.15, 0.2) is 5.84 Å². The zero-order chi connectivity index (χ0) is 13.7. The summed E-state index contributed by atoms with van der Waals surface area (Å²) in [5, 5.41) is 11.4. The third-order valence-corrected chi connectivity index (χ3v) is 3.06. The highest BCUT2D eigenvalue weighted by molar-refractivity contribution is 9.10. The third-order valence-electron chi connectivity index (χ3n) is 2.57. The minimum absolute atomic E-state index is 0.0139. The number of halogens is 1. The van der Waals surface area contributed by atoms with Crippen LogP contribution in [-0.4, -0.2) is 34.9 Å². The number of oxime groups is 1. The summed E-state index contributed by atoms with van der Waals surface area (Å²) in [5.41, 5.74) is 6.92. The Bertz CT molecular complexity index is 474. The van der Waals surface area contributed by atoms with Crippen LogP contribution in [0, 0.1) is 6.92 Å². The number of hydrogen-bond donors (Lipinski definition) is 2. The molecule has 3 N–H and O–H groups in total. The first kappa shape index (κ1) is 14.5. The van der Waals surface area contributed by atoms with Crippen molar-refractivity contribution in [3.63, 3.8) is 0 Å². The average Bonchev–Trinajstić information content (AvgIpc) is 2.34. The van der Waals surface area contributed by atoms with E-state index < -0.39 is 0 Å². The van der Waals surface area contributed by atoms with Gasteiger partial charge in [0.1, 0.15) is 0 Å². The number of nitrogens with two attached hydrogens (primary N) is 1. The van der Waals surface area contributed by atoms with Crippen molar-refractivity contribution >= 4 is 27.7 Å². The third kappa shape index (κ3) is 3.46. The van der Waals surface area contributed by atoms with Gasteiger partial charge in [0.25, 0.3) is 5.91 Å². The molecule has 0 fully saturated rings. The van der Waals surface area contributed by atoms with Gasteiger partial charge in [-0.25, -0.2) is 0 Å². The predicted octanol–water partition coefficient (Wildman–Crippen LogP) is 1.97. The lowest BCUT2D eigenvalue weighted by Crippen LogP contribution is -2.38. The highest BCUT2D eigenvalue weighted by atomic mass is 79.9. The van der Waals surface area contributed by atoms with E-state index in [0.717, 1.165) is 10.0 Å². The van der Waals surface area contributed by atoms with Crippen LogP contribution < -0.4 is 5.73 Å². The van der Waals surface area contributed by atoms with Gasteiger partial charge >= 0.3 is 0 Å². The first-order valence-corrected chi connectivity index (χ1v) is 6.30. The highest BCUT2D eigenvalue weighted by Crippen LogP contribution is 2.17. The number of aryl methyl sites for hydroxylation is 1. The number of benzene rings is 1. The first-order chi connectivity index (χ1) is 8.49. The number of likely N-dealkylation sites (N-methyl/N-ethyl adjacent to an activating group) is 1. The maximum Gasteiger partial charge on any atom is 0.254 e. The van der Waals surface area contributed by atoms with Crippen LogP contribution in [0.2, 0.25) is 0 Å². The quantitative estimate of drug-likeness (QED) is 0.386. The molecule has 0 saturated carbocycles. The lowest BCUT2D eigenvalue weighted by Gasteiger charge is -2.21. The van der Waals surface area contributed by atoms with Crippen LogP contribution in [0.5, 0.6) is 0 Å². The maximum atomic E-state index is 12.3. The van der Waals surface area contributed by atoms with Crippen molar-refractivity contribution in [3.05, 3.63) is 33.8 Å². The summed E-state index contributed by atoms with van der Waals surface area (Å²) in [7, 11) is 0. The van der Waals surface area contributed by atoms with Crippen LogP contribution in [-0.2, 0) is 0 Å². The van der Waals surface area contributed by atoms with Crippen molar-refractivity contribution in [2.75, 3.05) is 13.1 Å². The number of amides is 1. The molecular formula is C12H16BrN3O2. The van der Waals surface area contributed by atoms with Crippen molar-refractivity contribution in [1.82, 2.24) is 4.90 Å². The van der Waals surface area contributed by atoms with Crippen LogP contribution in [0.4, 0.5) is 0 Å². The summed E-state index contributed by atoms with van der Waals surface area (Å²) in [6.07, 6.45) is 0. The number of carbonyl (C=O) groups is 1. The number of rotatable bonds is 4. The second kappa shape index (κ2) is 6.39. The summed E-state index contributed by atoms with van der Waals surface area (Å²) >= 11 is 3.35. The molecule has 1 rings (SSSR count). The summed E-state index contributed by atoms with van der Waals surface area (Å²) in [5.74, 6) is -0.117. The Kier molecular flexibility index (Phi) is 5.15. The molecular weight excluding hydrogens is 298 g/mol. The molecule has 98 valence electrons. The van der Waals surface area contributed by atoms with Gasteiger partial charge in [-0.1, -0.05) is 21.1 Å². The molecule has 0 aromatic heterocycles. The van der Waals surface area contributed by atoms with Gasteiger partial charge in [-0.15, -0.1) is 0 Å². The van der Waals surface area contributed by atoms with Gasteiger partial charge in [-0.2, -0.15) is 0 Å². The molecule has 1 aromatic carbocycles. The Hall–Kier alpha value is -1.56. The van der Waals surface area contributed by atoms with Crippen LogP contribution in [0.15, 0.2) is 27.8 Å². The first-order valence-electron chi connectivity index (χ1n) is 5.51. The number of nitrogens with zero attached hydrogens (tertiary/aromatic N) is 2.